The highest BCUT2D eigenvalue weighted by Crippen LogP contribution is 2.34. The molecule has 2 saturated heterocycles. The summed E-state index contributed by atoms with van der Waals surface area (Å²) in [6.07, 6.45) is 3.65. The summed E-state index contributed by atoms with van der Waals surface area (Å²) in [5.41, 5.74) is 0. The minimum atomic E-state index is 0.401. The lowest BCUT2D eigenvalue weighted by Crippen LogP contribution is -2.42. The lowest BCUT2D eigenvalue weighted by Gasteiger charge is -2.32. The summed E-state index contributed by atoms with van der Waals surface area (Å²) >= 11 is 0. The van der Waals surface area contributed by atoms with Crippen molar-refractivity contribution >= 4 is 5.78 Å². The number of carbonyl (C=O) groups is 1. The van der Waals surface area contributed by atoms with E-state index in [4.69, 9.17) is 4.52 Å². The Hall–Kier alpha value is -1.23. The zero-order chi connectivity index (χ0) is 11.1. The largest absolute Gasteiger partial charge is 0.338 e. The van der Waals surface area contributed by atoms with Gasteiger partial charge in [0.2, 0.25) is 5.89 Å². The monoisotopic (exact) mass is 221 g/mol. The molecule has 0 aromatic carbocycles. The molecule has 0 saturated carbocycles. The first-order chi connectivity index (χ1) is 7.72. The van der Waals surface area contributed by atoms with Crippen molar-refractivity contribution in [2.75, 3.05) is 0 Å². The van der Waals surface area contributed by atoms with Gasteiger partial charge in [-0.15, -0.1) is 0 Å². The van der Waals surface area contributed by atoms with Crippen molar-refractivity contribution in [1.29, 1.82) is 0 Å². The Kier molecular flexibility index (Phi) is 2.28. The number of ketones is 1. The van der Waals surface area contributed by atoms with E-state index in [1.165, 1.54) is 0 Å². The van der Waals surface area contributed by atoms with Gasteiger partial charge in [-0.05, 0) is 19.8 Å². The number of nitrogens with zero attached hydrogens (tertiary/aromatic N) is 3. The van der Waals surface area contributed by atoms with Crippen molar-refractivity contribution in [1.82, 2.24) is 15.0 Å². The molecule has 2 aliphatic rings. The molecule has 2 bridgehead atoms. The quantitative estimate of drug-likeness (QED) is 0.747. The Morgan fingerprint density at radius 3 is 2.62 bits per heavy atom. The highest BCUT2D eigenvalue weighted by molar-refractivity contribution is 5.80. The van der Waals surface area contributed by atoms with Crippen LogP contribution in [0.5, 0.6) is 0 Å². The molecule has 0 aliphatic carbocycles. The predicted molar refractivity (Wildman–Crippen MR) is 55.6 cm³/mol. The van der Waals surface area contributed by atoms with Crippen molar-refractivity contribution < 1.29 is 9.32 Å². The van der Waals surface area contributed by atoms with Gasteiger partial charge in [-0.2, -0.15) is 4.98 Å². The van der Waals surface area contributed by atoms with Gasteiger partial charge >= 0.3 is 0 Å². The molecule has 2 unspecified atom stereocenters. The minimum Gasteiger partial charge on any atom is -0.338 e. The van der Waals surface area contributed by atoms with Crippen LogP contribution in [-0.2, 0) is 11.3 Å². The van der Waals surface area contributed by atoms with E-state index in [2.05, 4.69) is 15.0 Å². The third kappa shape index (κ3) is 1.65. The number of aryl methyl sites for hydroxylation is 1. The molecule has 5 nitrogen and oxygen atoms in total. The molecule has 86 valence electrons. The van der Waals surface area contributed by atoms with Crippen LogP contribution in [0.25, 0.3) is 0 Å². The van der Waals surface area contributed by atoms with E-state index in [1.54, 1.807) is 0 Å². The van der Waals surface area contributed by atoms with Crippen LogP contribution in [0.4, 0.5) is 0 Å². The van der Waals surface area contributed by atoms with Crippen LogP contribution in [-0.4, -0.2) is 32.9 Å². The van der Waals surface area contributed by atoms with E-state index in [9.17, 15) is 4.79 Å². The van der Waals surface area contributed by atoms with Crippen LogP contribution in [0.15, 0.2) is 4.52 Å². The predicted octanol–water partition coefficient (Wildman–Crippen LogP) is 1.07. The molecule has 1 aromatic heterocycles. The standard InChI is InChI=1S/C11H15N3O2/c1-7-12-11(16-13-7)6-14-8-2-3-9(14)5-10(15)4-8/h8-9H,2-6H2,1H3. The molecule has 5 heteroatoms. The summed E-state index contributed by atoms with van der Waals surface area (Å²) in [7, 11) is 0. The Morgan fingerprint density at radius 2 is 2.06 bits per heavy atom. The van der Waals surface area contributed by atoms with Crippen LogP contribution in [0, 0.1) is 6.92 Å². The van der Waals surface area contributed by atoms with Crippen molar-refractivity contribution in [2.24, 2.45) is 0 Å². The van der Waals surface area contributed by atoms with E-state index in [0.717, 1.165) is 12.8 Å². The molecule has 16 heavy (non-hydrogen) atoms. The normalized spacial score (nSPS) is 29.9. The molecular formula is C11H15N3O2. The second-order valence-corrected chi connectivity index (χ2v) is 4.74. The van der Waals surface area contributed by atoms with Crippen LogP contribution in [0.1, 0.15) is 37.4 Å². The SMILES string of the molecule is Cc1noc(CN2C3CCC2CC(=O)C3)n1. The first kappa shape index (κ1) is 9.96. The number of hydrogen-bond acceptors (Lipinski definition) is 5. The van der Waals surface area contributed by atoms with E-state index in [1.807, 2.05) is 6.92 Å². The topological polar surface area (TPSA) is 59.2 Å². The van der Waals surface area contributed by atoms with Crippen molar-refractivity contribution in [3.8, 4) is 0 Å². The highest BCUT2D eigenvalue weighted by Gasteiger charge is 2.40. The van der Waals surface area contributed by atoms with Gasteiger partial charge in [0.05, 0.1) is 6.54 Å². The maximum atomic E-state index is 11.4. The summed E-state index contributed by atoms with van der Waals surface area (Å²) in [4.78, 5) is 18.0. The third-order valence-corrected chi connectivity index (χ3v) is 3.59. The molecular weight excluding hydrogens is 206 g/mol. The van der Waals surface area contributed by atoms with Crippen LogP contribution < -0.4 is 0 Å². The first-order valence-electron chi connectivity index (χ1n) is 5.79. The molecule has 2 fully saturated rings. The van der Waals surface area contributed by atoms with Crippen LogP contribution in [0.2, 0.25) is 0 Å². The maximum absolute atomic E-state index is 11.4. The van der Waals surface area contributed by atoms with E-state index >= 15 is 0 Å². The Bertz CT molecular complexity index is 399. The smallest absolute Gasteiger partial charge is 0.240 e. The Labute approximate surface area is 93.8 Å². The van der Waals surface area contributed by atoms with Gasteiger partial charge < -0.3 is 4.52 Å². The number of piperidine rings is 1. The van der Waals surface area contributed by atoms with E-state index in [-0.39, 0.29) is 0 Å². The van der Waals surface area contributed by atoms with Crippen molar-refractivity contribution in [2.45, 2.75) is 51.2 Å². The fourth-order valence-corrected chi connectivity index (χ4v) is 2.88. The summed E-state index contributed by atoms with van der Waals surface area (Å²) in [6, 6.07) is 0.803. The fraction of sp³-hybridized carbons (Fsp3) is 0.727. The molecule has 2 aliphatic heterocycles. The summed E-state index contributed by atoms with van der Waals surface area (Å²) in [5.74, 6) is 1.75. The Balaban J connectivity index is 1.74. The molecule has 2 atom stereocenters. The highest BCUT2D eigenvalue weighted by atomic mass is 16.5. The van der Waals surface area contributed by atoms with Gasteiger partial charge in [-0.25, -0.2) is 0 Å². The molecule has 0 radical (unpaired) electrons. The second-order valence-electron chi connectivity index (χ2n) is 4.74. The lowest BCUT2D eigenvalue weighted by atomic mass is 10.0. The van der Waals surface area contributed by atoms with Crippen LogP contribution in [0.3, 0.4) is 0 Å². The Morgan fingerprint density at radius 1 is 1.38 bits per heavy atom. The zero-order valence-corrected chi connectivity index (χ0v) is 9.35. The van der Waals surface area contributed by atoms with Gasteiger partial charge in [0, 0.05) is 24.9 Å². The summed E-state index contributed by atoms with van der Waals surface area (Å²) in [6.45, 7) is 2.52. The van der Waals surface area contributed by atoms with E-state index in [0.29, 0.717) is 49.0 Å². The molecule has 3 rings (SSSR count). The lowest BCUT2D eigenvalue weighted by molar-refractivity contribution is -0.123. The van der Waals surface area contributed by atoms with Crippen molar-refractivity contribution in [3.63, 3.8) is 0 Å². The number of aromatic nitrogens is 2. The zero-order valence-electron chi connectivity index (χ0n) is 9.35. The summed E-state index contributed by atoms with van der Waals surface area (Å²) < 4.78 is 5.13. The molecule has 3 heterocycles. The number of Topliss-reactive ketones (excluding diaryl/α,β-unsaturated/α-hetero) is 1. The van der Waals surface area contributed by atoms with Crippen LogP contribution >= 0.6 is 0 Å². The van der Waals surface area contributed by atoms with E-state index < -0.39 is 0 Å². The van der Waals surface area contributed by atoms with Gasteiger partial charge in [-0.1, -0.05) is 5.16 Å². The van der Waals surface area contributed by atoms with Gasteiger partial charge in [-0.3, -0.25) is 9.69 Å². The number of fused-ring (bicyclic) bond motifs is 2. The molecule has 0 amide bonds. The van der Waals surface area contributed by atoms with Gasteiger partial charge in [0.15, 0.2) is 5.82 Å². The minimum absolute atomic E-state index is 0.401. The molecule has 0 spiro atoms. The maximum Gasteiger partial charge on any atom is 0.240 e. The molecule has 0 N–H and O–H groups in total. The fourth-order valence-electron chi connectivity index (χ4n) is 2.88. The molecule has 1 aromatic rings. The number of rotatable bonds is 2. The number of carbonyl (C=O) groups excluding carboxylic acids is 1. The second kappa shape index (κ2) is 3.66. The first-order valence-corrected chi connectivity index (χ1v) is 5.79. The van der Waals surface area contributed by atoms with Gasteiger partial charge in [0.25, 0.3) is 0 Å². The average Bonchev–Trinajstić information content (AvgIpc) is 2.72. The summed E-state index contributed by atoms with van der Waals surface area (Å²) in [5, 5.41) is 3.79. The third-order valence-electron chi connectivity index (χ3n) is 3.59. The van der Waals surface area contributed by atoms with Crippen molar-refractivity contribution in [3.05, 3.63) is 11.7 Å². The average molecular weight is 221 g/mol. The van der Waals surface area contributed by atoms with Gasteiger partial charge in [0.1, 0.15) is 5.78 Å². The number of hydrogen-bond donors (Lipinski definition) is 0.